The Hall–Kier alpha value is -3.79. The molecule has 0 saturated heterocycles. The van der Waals surface area contributed by atoms with Gasteiger partial charge < -0.3 is 4.98 Å². The van der Waals surface area contributed by atoms with Crippen LogP contribution < -0.4 is 0 Å². The largest absolute Gasteiger partial charge is 0.355 e. The van der Waals surface area contributed by atoms with Crippen LogP contribution in [0.5, 0.6) is 0 Å². The van der Waals surface area contributed by atoms with Gasteiger partial charge in [-0.3, -0.25) is 9.98 Å². The van der Waals surface area contributed by atoms with E-state index in [0.717, 1.165) is 41.9 Å². The van der Waals surface area contributed by atoms with Gasteiger partial charge in [-0.05, 0) is 84.3 Å². The summed E-state index contributed by atoms with van der Waals surface area (Å²) in [6.45, 7) is 0.796. The molecule has 0 bridgehead atoms. The number of fused-ring (bicyclic) bond motifs is 6. The molecule has 1 aliphatic carbocycles. The van der Waals surface area contributed by atoms with E-state index in [-0.39, 0.29) is 0 Å². The highest BCUT2D eigenvalue weighted by Crippen LogP contribution is 2.39. The van der Waals surface area contributed by atoms with Crippen molar-refractivity contribution < 1.29 is 0 Å². The van der Waals surface area contributed by atoms with Crippen molar-refractivity contribution in [1.82, 2.24) is 15.0 Å². The molecule has 4 heteroatoms. The van der Waals surface area contributed by atoms with Gasteiger partial charge in [-0.25, -0.2) is 4.98 Å². The van der Waals surface area contributed by atoms with Gasteiger partial charge >= 0.3 is 0 Å². The first-order valence-electron chi connectivity index (χ1n) is 11.4. The molecule has 5 aromatic rings. The number of nitrogens with one attached hydrogen (secondary N) is 1. The van der Waals surface area contributed by atoms with Crippen LogP contribution in [0.3, 0.4) is 0 Å². The van der Waals surface area contributed by atoms with Gasteiger partial charge in [-0.2, -0.15) is 0 Å². The Morgan fingerprint density at radius 1 is 0.812 bits per heavy atom. The van der Waals surface area contributed by atoms with Crippen LogP contribution in [0.2, 0.25) is 0 Å². The lowest BCUT2D eigenvalue weighted by atomic mass is 9.85. The minimum Gasteiger partial charge on any atom is -0.355 e. The number of H-pyrrole nitrogens is 1. The SMILES string of the molecule is C1=NCc2ccc(-c3nc4ccc5[nH]c(-c6ccncc6)cc5c4c4c3CCCC4)cc21. The first-order chi connectivity index (χ1) is 15.8. The van der Waals surface area contributed by atoms with Crippen molar-refractivity contribution in [2.24, 2.45) is 4.99 Å². The Kier molecular flexibility index (Phi) is 3.82. The Bertz CT molecular complexity index is 1540. The number of rotatable bonds is 2. The van der Waals surface area contributed by atoms with Crippen molar-refractivity contribution in [1.29, 1.82) is 0 Å². The lowest BCUT2D eigenvalue weighted by Crippen LogP contribution is -2.08. The summed E-state index contributed by atoms with van der Waals surface area (Å²) in [5.74, 6) is 0. The molecule has 0 unspecified atom stereocenters. The topological polar surface area (TPSA) is 53.9 Å². The zero-order valence-electron chi connectivity index (χ0n) is 17.7. The van der Waals surface area contributed by atoms with Gasteiger partial charge in [0.15, 0.2) is 0 Å². The summed E-state index contributed by atoms with van der Waals surface area (Å²) in [6, 6.07) is 17.5. The second-order valence-electron chi connectivity index (χ2n) is 8.85. The molecule has 7 rings (SSSR count). The van der Waals surface area contributed by atoms with E-state index in [9.17, 15) is 0 Å². The van der Waals surface area contributed by atoms with E-state index in [2.05, 4.69) is 63.5 Å². The predicted molar refractivity (Wildman–Crippen MR) is 130 cm³/mol. The second-order valence-corrected chi connectivity index (χ2v) is 8.85. The molecule has 1 aliphatic heterocycles. The Morgan fingerprint density at radius 3 is 2.59 bits per heavy atom. The molecule has 0 radical (unpaired) electrons. The summed E-state index contributed by atoms with van der Waals surface area (Å²) in [4.78, 5) is 17.5. The van der Waals surface area contributed by atoms with Gasteiger partial charge in [0.25, 0.3) is 0 Å². The van der Waals surface area contributed by atoms with E-state index in [0.29, 0.717) is 0 Å². The van der Waals surface area contributed by atoms with Gasteiger partial charge in [0.05, 0.1) is 17.8 Å². The minimum atomic E-state index is 0.796. The zero-order valence-corrected chi connectivity index (χ0v) is 17.7. The molecule has 3 aromatic heterocycles. The highest BCUT2D eigenvalue weighted by Gasteiger charge is 2.22. The average Bonchev–Trinajstić information content (AvgIpc) is 3.50. The Balaban J connectivity index is 1.49. The number of aromatic nitrogens is 3. The molecule has 0 spiro atoms. The number of aliphatic imine (C=N–C) groups is 1. The van der Waals surface area contributed by atoms with Gasteiger partial charge in [0, 0.05) is 51.7 Å². The summed E-state index contributed by atoms with van der Waals surface area (Å²) in [6.07, 6.45) is 10.4. The molecular weight excluding hydrogens is 392 g/mol. The van der Waals surface area contributed by atoms with Gasteiger partial charge in [0.2, 0.25) is 0 Å². The second kappa shape index (κ2) is 6.86. The van der Waals surface area contributed by atoms with Crippen molar-refractivity contribution in [3.05, 3.63) is 83.2 Å². The first kappa shape index (κ1) is 17.8. The normalized spacial score (nSPS) is 14.8. The van der Waals surface area contributed by atoms with Crippen molar-refractivity contribution in [3.8, 4) is 22.5 Å². The first-order valence-corrected chi connectivity index (χ1v) is 11.4. The molecule has 1 N–H and O–H groups in total. The van der Waals surface area contributed by atoms with Crippen molar-refractivity contribution in [3.63, 3.8) is 0 Å². The van der Waals surface area contributed by atoms with Gasteiger partial charge in [-0.15, -0.1) is 0 Å². The van der Waals surface area contributed by atoms with Crippen LogP contribution in [0.4, 0.5) is 0 Å². The fourth-order valence-corrected chi connectivity index (χ4v) is 5.41. The molecule has 32 heavy (non-hydrogen) atoms. The third-order valence-corrected chi connectivity index (χ3v) is 6.97. The molecule has 0 fully saturated rings. The third-order valence-electron chi connectivity index (χ3n) is 6.97. The summed E-state index contributed by atoms with van der Waals surface area (Å²) < 4.78 is 0. The van der Waals surface area contributed by atoms with E-state index in [1.54, 1.807) is 0 Å². The summed E-state index contributed by atoms with van der Waals surface area (Å²) in [5, 5.41) is 2.59. The van der Waals surface area contributed by atoms with E-state index in [1.165, 1.54) is 56.9 Å². The van der Waals surface area contributed by atoms with Crippen LogP contribution in [0.25, 0.3) is 44.3 Å². The highest BCUT2D eigenvalue weighted by molar-refractivity contribution is 6.10. The highest BCUT2D eigenvalue weighted by atomic mass is 14.7. The van der Waals surface area contributed by atoms with Crippen LogP contribution in [0.1, 0.15) is 35.1 Å². The average molecular weight is 415 g/mol. The smallest absolute Gasteiger partial charge is 0.0744 e. The predicted octanol–water partition coefficient (Wildman–Crippen LogP) is 6.26. The van der Waals surface area contributed by atoms with Crippen LogP contribution in [0.15, 0.2) is 65.9 Å². The Labute approximate surface area is 186 Å². The van der Waals surface area contributed by atoms with Crippen LogP contribution >= 0.6 is 0 Å². The standard InChI is InChI=1S/C28H22N4/c1-2-4-22-21(3-1)27-23-14-26(17-9-11-29-12-10-17)31-24(23)7-8-25(27)32-28(22)18-5-6-19-15-30-16-20(19)13-18/h5-14,16,31H,1-4,15H2. The van der Waals surface area contributed by atoms with E-state index in [4.69, 9.17) is 4.98 Å². The molecule has 0 saturated carbocycles. The number of pyridine rings is 2. The number of aromatic amines is 1. The molecule has 0 atom stereocenters. The van der Waals surface area contributed by atoms with E-state index < -0.39 is 0 Å². The molecule has 2 aromatic carbocycles. The number of benzene rings is 2. The van der Waals surface area contributed by atoms with Crippen molar-refractivity contribution in [2.75, 3.05) is 0 Å². The lowest BCUT2D eigenvalue weighted by molar-refractivity contribution is 0.689. The maximum atomic E-state index is 5.25. The van der Waals surface area contributed by atoms with Crippen LogP contribution in [-0.2, 0) is 19.4 Å². The maximum absolute atomic E-state index is 5.25. The summed E-state index contributed by atoms with van der Waals surface area (Å²) >= 11 is 0. The molecule has 4 heterocycles. The third kappa shape index (κ3) is 2.65. The van der Waals surface area contributed by atoms with E-state index >= 15 is 0 Å². The Morgan fingerprint density at radius 2 is 1.69 bits per heavy atom. The number of hydrogen-bond donors (Lipinski definition) is 1. The number of hydrogen-bond acceptors (Lipinski definition) is 3. The number of nitrogens with zero attached hydrogens (tertiary/aromatic N) is 3. The molecule has 154 valence electrons. The number of aryl methyl sites for hydroxylation is 1. The lowest BCUT2D eigenvalue weighted by Gasteiger charge is -2.22. The van der Waals surface area contributed by atoms with Crippen molar-refractivity contribution >= 4 is 28.0 Å². The fraction of sp³-hybridized carbons (Fsp3) is 0.179. The van der Waals surface area contributed by atoms with Crippen LogP contribution in [0, 0.1) is 0 Å². The molecular formula is C28H22N4. The molecule has 4 nitrogen and oxygen atoms in total. The fourth-order valence-electron chi connectivity index (χ4n) is 5.41. The van der Waals surface area contributed by atoms with E-state index in [1.807, 2.05) is 18.6 Å². The van der Waals surface area contributed by atoms with Gasteiger partial charge in [-0.1, -0.05) is 12.1 Å². The molecule has 2 aliphatic rings. The summed E-state index contributed by atoms with van der Waals surface area (Å²) in [7, 11) is 0. The van der Waals surface area contributed by atoms with Crippen LogP contribution in [-0.4, -0.2) is 21.2 Å². The molecule has 0 amide bonds. The monoisotopic (exact) mass is 414 g/mol. The maximum Gasteiger partial charge on any atom is 0.0744 e. The summed E-state index contributed by atoms with van der Waals surface area (Å²) in [5.41, 5.74) is 12.3. The minimum absolute atomic E-state index is 0.796. The zero-order chi connectivity index (χ0) is 21.1. The van der Waals surface area contributed by atoms with Gasteiger partial charge in [0.1, 0.15) is 0 Å². The van der Waals surface area contributed by atoms with Crippen molar-refractivity contribution in [2.45, 2.75) is 32.2 Å². The quantitative estimate of drug-likeness (QED) is 0.371.